The van der Waals surface area contributed by atoms with Crippen molar-refractivity contribution in [2.45, 2.75) is 25.7 Å². The standard InChI is InChI=1S/C9H12N2O4/c1-9(2,4-7(13)14)5-3-6(12)11-8(15)10-5/h3H,4H2,1-2H3,(H,13,14)(H2,10,11,12,15). The van der Waals surface area contributed by atoms with E-state index < -0.39 is 22.6 Å². The second kappa shape index (κ2) is 3.72. The molecular formula is C9H12N2O4. The molecule has 0 saturated heterocycles. The molecule has 0 aliphatic carbocycles. The van der Waals surface area contributed by atoms with E-state index in [-0.39, 0.29) is 6.42 Å². The van der Waals surface area contributed by atoms with Crippen LogP contribution in [-0.4, -0.2) is 21.0 Å². The summed E-state index contributed by atoms with van der Waals surface area (Å²) in [7, 11) is 0. The fraction of sp³-hybridized carbons (Fsp3) is 0.444. The highest BCUT2D eigenvalue weighted by Crippen LogP contribution is 2.23. The van der Waals surface area contributed by atoms with Gasteiger partial charge in [0.15, 0.2) is 0 Å². The van der Waals surface area contributed by atoms with Crippen LogP contribution in [0.2, 0.25) is 0 Å². The van der Waals surface area contributed by atoms with Crippen LogP contribution in [0.4, 0.5) is 0 Å². The average molecular weight is 212 g/mol. The molecule has 6 heteroatoms. The van der Waals surface area contributed by atoms with E-state index in [9.17, 15) is 14.4 Å². The predicted molar refractivity (Wildman–Crippen MR) is 53.0 cm³/mol. The van der Waals surface area contributed by atoms with Crippen LogP contribution in [0.15, 0.2) is 15.7 Å². The maximum Gasteiger partial charge on any atom is 0.325 e. The van der Waals surface area contributed by atoms with E-state index >= 15 is 0 Å². The first kappa shape index (κ1) is 11.2. The maximum absolute atomic E-state index is 11.0. The summed E-state index contributed by atoms with van der Waals surface area (Å²) in [6.07, 6.45) is -0.160. The summed E-state index contributed by atoms with van der Waals surface area (Å²) in [5, 5.41) is 8.67. The Morgan fingerprint density at radius 2 is 2.00 bits per heavy atom. The largest absolute Gasteiger partial charge is 0.481 e. The number of aromatic amines is 2. The van der Waals surface area contributed by atoms with Crippen molar-refractivity contribution in [2.75, 3.05) is 0 Å². The lowest BCUT2D eigenvalue weighted by Gasteiger charge is -2.21. The van der Waals surface area contributed by atoms with Gasteiger partial charge in [0.1, 0.15) is 0 Å². The summed E-state index contributed by atoms with van der Waals surface area (Å²) in [6, 6.07) is 1.20. The smallest absolute Gasteiger partial charge is 0.325 e. The van der Waals surface area contributed by atoms with Gasteiger partial charge in [0.25, 0.3) is 5.56 Å². The van der Waals surface area contributed by atoms with Gasteiger partial charge in [-0.2, -0.15) is 0 Å². The minimum absolute atomic E-state index is 0.160. The first-order valence-electron chi connectivity index (χ1n) is 4.37. The van der Waals surface area contributed by atoms with Crippen LogP contribution in [0.3, 0.4) is 0 Å². The molecular weight excluding hydrogens is 200 g/mol. The zero-order chi connectivity index (χ0) is 11.6. The lowest BCUT2D eigenvalue weighted by Crippen LogP contribution is -2.31. The van der Waals surface area contributed by atoms with E-state index in [2.05, 4.69) is 4.98 Å². The van der Waals surface area contributed by atoms with Gasteiger partial charge in [-0.3, -0.25) is 14.6 Å². The van der Waals surface area contributed by atoms with Crippen molar-refractivity contribution < 1.29 is 9.90 Å². The molecule has 15 heavy (non-hydrogen) atoms. The minimum atomic E-state index is -0.985. The van der Waals surface area contributed by atoms with Crippen LogP contribution >= 0.6 is 0 Å². The molecule has 0 saturated carbocycles. The maximum atomic E-state index is 11.0. The molecule has 0 atom stereocenters. The van der Waals surface area contributed by atoms with Crippen LogP contribution in [0.5, 0.6) is 0 Å². The van der Waals surface area contributed by atoms with Crippen molar-refractivity contribution >= 4 is 5.97 Å². The molecule has 0 aliphatic rings. The van der Waals surface area contributed by atoms with Crippen molar-refractivity contribution in [2.24, 2.45) is 0 Å². The van der Waals surface area contributed by atoms with Gasteiger partial charge in [-0.25, -0.2) is 4.79 Å². The summed E-state index contributed by atoms with van der Waals surface area (Å²) in [5.74, 6) is -0.985. The monoisotopic (exact) mass is 212 g/mol. The molecule has 0 amide bonds. The Morgan fingerprint density at radius 1 is 1.40 bits per heavy atom. The zero-order valence-electron chi connectivity index (χ0n) is 8.46. The molecule has 1 heterocycles. The average Bonchev–Trinajstić information content (AvgIpc) is 1.99. The molecule has 1 aromatic rings. The first-order chi connectivity index (χ1) is 6.81. The number of aliphatic carboxylic acids is 1. The summed E-state index contributed by atoms with van der Waals surface area (Å²) < 4.78 is 0. The van der Waals surface area contributed by atoms with Gasteiger partial charge in [0, 0.05) is 17.2 Å². The lowest BCUT2D eigenvalue weighted by molar-refractivity contribution is -0.138. The third-order valence-electron chi connectivity index (χ3n) is 2.08. The van der Waals surface area contributed by atoms with Crippen LogP contribution < -0.4 is 11.2 Å². The third-order valence-corrected chi connectivity index (χ3v) is 2.08. The molecule has 3 N–H and O–H groups in total. The van der Waals surface area contributed by atoms with Crippen molar-refractivity contribution in [1.29, 1.82) is 0 Å². The molecule has 6 nitrogen and oxygen atoms in total. The molecule has 1 aromatic heterocycles. The van der Waals surface area contributed by atoms with Crippen molar-refractivity contribution in [3.63, 3.8) is 0 Å². The molecule has 0 fully saturated rings. The van der Waals surface area contributed by atoms with E-state index in [1.807, 2.05) is 4.98 Å². The third kappa shape index (κ3) is 2.80. The molecule has 0 bridgehead atoms. The fourth-order valence-electron chi connectivity index (χ4n) is 1.31. The van der Waals surface area contributed by atoms with E-state index in [1.165, 1.54) is 6.07 Å². The Balaban J connectivity index is 3.20. The number of nitrogens with one attached hydrogen (secondary N) is 2. The topological polar surface area (TPSA) is 103 Å². The number of hydrogen-bond acceptors (Lipinski definition) is 3. The number of carbonyl (C=O) groups is 1. The van der Waals surface area contributed by atoms with Gasteiger partial charge < -0.3 is 10.1 Å². The quantitative estimate of drug-likeness (QED) is 0.646. The SMILES string of the molecule is CC(C)(CC(=O)O)c1cc(=O)[nH]c(=O)[nH]1. The van der Waals surface area contributed by atoms with E-state index in [4.69, 9.17) is 5.11 Å². The summed E-state index contributed by atoms with van der Waals surface area (Å²) in [4.78, 5) is 37.0. The van der Waals surface area contributed by atoms with Crippen LogP contribution in [0.25, 0.3) is 0 Å². The van der Waals surface area contributed by atoms with Crippen molar-refractivity contribution in [3.8, 4) is 0 Å². The number of H-pyrrole nitrogens is 2. The van der Waals surface area contributed by atoms with E-state index in [0.29, 0.717) is 5.69 Å². The molecule has 0 aromatic carbocycles. The predicted octanol–water partition coefficient (Wildman–Crippen LogP) is -0.184. The molecule has 0 spiro atoms. The second-order valence-electron chi connectivity index (χ2n) is 3.96. The van der Waals surface area contributed by atoms with Crippen LogP contribution in [-0.2, 0) is 10.2 Å². The Kier molecular flexibility index (Phi) is 2.78. The van der Waals surface area contributed by atoms with E-state index in [0.717, 1.165) is 0 Å². The zero-order valence-corrected chi connectivity index (χ0v) is 8.46. The van der Waals surface area contributed by atoms with Gasteiger partial charge in [0.2, 0.25) is 0 Å². The number of carboxylic acid groups (broad SMARTS) is 1. The summed E-state index contributed by atoms with van der Waals surface area (Å²) in [5.41, 5.74) is -1.62. The van der Waals surface area contributed by atoms with E-state index in [1.54, 1.807) is 13.8 Å². The van der Waals surface area contributed by atoms with Gasteiger partial charge in [-0.1, -0.05) is 13.8 Å². The van der Waals surface area contributed by atoms with Gasteiger partial charge >= 0.3 is 11.7 Å². The first-order valence-corrected chi connectivity index (χ1v) is 4.37. The Labute approximate surface area is 85.0 Å². The molecule has 82 valence electrons. The Hall–Kier alpha value is -1.85. The lowest BCUT2D eigenvalue weighted by atomic mass is 9.85. The molecule has 0 unspecified atom stereocenters. The number of aromatic nitrogens is 2. The van der Waals surface area contributed by atoms with Gasteiger partial charge in [-0.05, 0) is 0 Å². The highest BCUT2D eigenvalue weighted by molar-refractivity contribution is 5.68. The van der Waals surface area contributed by atoms with Gasteiger partial charge in [0.05, 0.1) is 6.42 Å². The molecule has 1 rings (SSSR count). The number of rotatable bonds is 3. The number of carboxylic acids is 1. The summed E-state index contributed by atoms with van der Waals surface area (Å²) in [6.45, 7) is 3.29. The Bertz CT molecular complexity index is 455. The molecule has 0 radical (unpaired) electrons. The van der Waals surface area contributed by atoms with Crippen molar-refractivity contribution in [3.05, 3.63) is 32.6 Å². The fourth-order valence-corrected chi connectivity index (χ4v) is 1.31. The highest BCUT2D eigenvalue weighted by atomic mass is 16.4. The van der Waals surface area contributed by atoms with Crippen molar-refractivity contribution in [1.82, 2.24) is 9.97 Å². The highest BCUT2D eigenvalue weighted by Gasteiger charge is 2.25. The number of hydrogen-bond donors (Lipinski definition) is 3. The Morgan fingerprint density at radius 3 is 2.47 bits per heavy atom. The summed E-state index contributed by atoms with van der Waals surface area (Å²) >= 11 is 0. The van der Waals surface area contributed by atoms with Crippen LogP contribution in [0, 0.1) is 0 Å². The molecule has 0 aliphatic heterocycles. The van der Waals surface area contributed by atoms with Crippen LogP contribution in [0.1, 0.15) is 26.0 Å². The minimum Gasteiger partial charge on any atom is -0.481 e. The normalized spacial score (nSPS) is 11.3. The second-order valence-corrected chi connectivity index (χ2v) is 3.96. The van der Waals surface area contributed by atoms with Gasteiger partial charge in [-0.15, -0.1) is 0 Å².